The van der Waals surface area contributed by atoms with Crippen molar-refractivity contribution < 1.29 is 18.5 Å². The molecule has 3 aromatic rings. The van der Waals surface area contributed by atoms with Crippen LogP contribution < -0.4 is 5.32 Å². The van der Waals surface area contributed by atoms with Crippen LogP contribution >= 0.6 is 0 Å². The Morgan fingerprint density at radius 3 is 3.12 bits per heavy atom. The average molecular weight is 342 g/mol. The molecule has 130 valence electrons. The molecule has 1 aliphatic rings. The summed E-state index contributed by atoms with van der Waals surface area (Å²) >= 11 is 0. The molecule has 1 amide bonds. The van der Waals surface area contributed by atoms with Crippen LogP contribution in [0.15, 0.2) is 45.8 Å². The van der Waals surface area contributed by atoms with Crippen molar-refractivity contribution in [2.75, 3.05) is 11.9 Å². The molecule has 1 atom stereocenters. The zero-order valence-corrected chi connectivity index (χ0v) is 13.6. The number of ether oxygens (including phenoxy) is 1. The maximum atomic E-state index is 12.3. The third-order valence-electron chi connectivity index (χ3n) is 4.06. The lowest BCUT2D eigenvalue weighted by atomic mass is 10.1. The first-order valence-corrected chi connectivity index (χ1v) is 8.24. The number of hydrogen-bond donors (Lipinski definition) is 1. The summed E-state index contributed by atoms with van der Waals surface area (Å²) in [5.41, 5.74) is 0.776. The van der Waals surface area contributed by atoms with Gasteiger partial charge in [0.05, 0.1) is 30.8 Å². The van der Waals surface area contributed by atoms with E-state index in [1.54, 1.807) is 29.2 Å². The molecule has 25 heavy (non-hydrogen) atoms. The van der Waals surface area contributed by atoms with Gasteiger partial charge in [-0.05, 0) is 31.4 Å². The van der Waals surface area contributed by atoms with E-state index in [0.29, 0.717) is 23.8 Å². The summed E-state index contributed by atoms with van der Waals surface area (Å²) in [4.78, 5) is 12.3. The Kier molecular flexibility index (Phi) is 4.34. The lowest BCUT2D eigenvalue weighted by molar-refractivity contribution is 0.00400. The standard InChI is InChI=1S/C17H18N4O4/c22-17(14-8-16(25-20-14)15-5-3-7-24-15)19-12-9-18-21(10-12)11-13-4-1-2-6-23-13/h3,5,7-10,13H,1-2,4,6,11H2,(H,19,22)/t13-/m1/s1. The summed E-state index contributed by atoms with van der Waals surface area (Å²) in [7, 11) is 0. The smallest absolute Gasteiger partial charge is 0.277 e. The molecule has 4 heterocycles. The van der Waals surface area contributed by atoms with E-state index in [9.17, 15) is 4.79 Å². The van der Waals surface area contributed by atoms with Crippen molar-refractivity contribution in [3.05, 3.63) is 42.5 Å². The Bertz CT molecular complexity index is 831. The molecule has 1 fully saturated rings. The van der Waals surface area contributed by atoms with Crippen molar-refractivity contribution in [2.45, 2.75) is 31.9 Å². The lowest BCUT2D eigenvalue weighted by Crippen LogP contribution is -2.24. The van der Waals surface area contributed by atoms with Crippen molar-refractivity contribution >= 4 is 11.6 Å². The highest BCUT2D eigenvalue weighted by Gasteiger charge is 2.17. The Labute approximate surface area is 143 Å². The number of furan rings is 1. The molecule has 4 rings (SSSR count). The van der Waals surface area contributed by atoms with E-state index < -0.39 is 0 Å². The molecule has 0 spiro atoms. The average Bonchev–Trinajstić information content (AvgIpc) is 3.37. The highest BCUT2D eigenvalue weighted by Crippen LogP contribution is 2.21. The first-order chi connectivity index (χ1) is 12.3. The van der Waals surface area contributed by atoms with Gasteiger partial charge in [-0.25, -0.2) is 0 Å². The highest BCUT2D eigenvalue weighted by atomic mass is 16.5. The molecule has 1 aliphatic heterocycles. The third kappa shape index (κ3) is 3.63. The number of nitrogens with zero attached hydrogens (tertiary/aromatic N) is 3. The molecular weight excluding hydrogens is 324 g/mol. The lowest BCUT2D eigenvalue weighted by Gasteiger charge is -2.22. The number of anilines is 1. The largest absolute Gasteiger partial charge is 0.461 e. The van der Waals surface area contributed by atoms with Crippen LogP contribution in [-0.2, 0) is 11.3 Å². The quantitative estimate of drug-likeness (QED) is 0.766. The van der Waals surface area contributed by atoms with Gasteiger partial charge in [0.25, 0.3) is 5.91 Å². The van der Waals surface area contributed by atoms with E-state index in [2.05, 4.69) is 15.6 Å². The third-order valence-corrected chi connectivity index (χ3v) is 4.06. The van der Waals surface area contributed by atoms with Gasteiger partial charge in [-0.15, -0.1) is 0 Å². The van der Waals surface area contributed by atoms with Crippen molar-refractivity contribution in [1.82, 2.24) is 14.9 Å². The van der Waals surface area contributed by atoms with Crippen molar-refractivity contribution in [3.63, 3.8) is 0 Å². The molecule has 0 unspecified atom stereocenters. The molecule has 0 aromatic carbocycles. The summed E-state index contributed by atoms with van der Waals surface area (Å²) in [6.45, 7) is 1.49. The molecule has 0 saturated carbocycles. The van der Waals surface area contributed by atoms with Gasteiger partial charge in [0.15, 0.2) is 11.5 Å². The zero-order chi connectivity index (χ0) is 17.1. The summed E-state index contributed by atoms with van der Waals surface area (Å²) in [5.74, 6) is 0.558. The van der Waals surface area contributed by atoms with Crippen LogP contribution in [-0.4, -0.2) is 33.6 Å². The maximum Gasteiger partial charge on any atom is 0.277 e. The van der Waals surface area contributed by atoms with Gasteiger partial charge in [0, 0.05) is 18.9 Å². The monoisotopic (exact) mass is 342 g/mol. The van der Waals surface area contributed by atoms with E-state index in [4.69, 9.17) is 13.7 Å². The second-order valence-corrected chi connectivity index (χ2v) is 5.95. The fraction of sp³-hybridized carbons (Fsp3) is 0.353. The van der Waals surface area contributed by atoms with Crippen molar-refractivity contribution in [2.24, 2.45) is 0 Å². The number of aromatic nitrogens is 3. The number of nitrogens with one attached hydrogen (secondary N) is 1. The van der Waals surface area contributed by atoms with Gasteiger partial charge in [-0.2, -0.15) is 5.10 Å². The predicted octanol–water partition coefficient (Wildman–Crippen LogP) is 2.95. The van der Waals surface area contributed by atoms with Gasteiger partial charge in [0.1, 0.15) is 0 Å². The summed E-state index contributed by atoms with van der Waals surface area (Å²) in [5, 5.41) is 10.8. The number of carbonyl (C=O) groups excluding carboxylic acids is 1. The van der Waals surface area contributed by atoms with Crippen LogP contribution in [0.25, 0.3) is 11.5 Å². The summed E-state index contributed by atoms with van der Waals surface area (Å²) < 4.78 is 17.8. The van der Waals surface area contributed by atoms with Gasteiger partial charge < -0.3 is 19.0 Å². The molecule has 0 aliphatic carbocycles. The number of rotatable bonds is 5. The molecule has 0 bridgehead atoms. The zero-order valence-electron chi connectivity index (χ0n) is 13.6. The van der Waals surface area contributed by atoms with E-state index >= 15 is 0 Å². The molecule has 1 N–H and O–H groups in total. The minimum Gasteiger partial charge on any atom is -0.461 e. The van der Waals surface area contributed by atoms with E-state index in [1.807, 2.05) is 0 Å². The second-order valence-electron chi connectivity index (χ2n) is 5.95. The minimum atomic E-state index is -0.366. The molecular formula is C17H18N4O4. The van der Waals surface area contributed by atoms with Crippen LogP contribution in [0.2, 0.25) is 0 Å². The Morgan fingerprint density at radius 1 is 1.36 bits per heavy atom. The van der Waals surface area contributed by atoms with Crippen LogP contribution in [0, 0.1) is 0 Å². The Morgan fingerprint density at radius 2 is 2.32 bits per heavy atom. The van der Waals surface area contributed by atoms with Gasteiger partial charge >= 0.3 is 0 Å². The number of hydrogen-bond acceptors (Lipinski definition) is 6. The topological polar surface area (TPSA) is 95.3 Å². The summed E-state index contributed by atoms with van der Waals surface area (Å²) in [6.07, 6.45) is 8.44. The fourth-order valence-electron chi connectivity index (χ4n) is 2.80. The van der Waals surface area contributed by atoms with Gasteiger partial charge in [0.2, 0.25) is 5.76 Å². The van der Waals surface area contributed by atoms with Crippen LogP contribution in [0.5, 0.6) is 0 Å². The number of amides is 1. The van der Waals surface area contributed by atoms with E-state index in [0.717, 1.165) is 19.4 Å². The molecule has 1 saturated heterocycles. The first-order valence-electron chi connectivity index (χ1n) is 8.24. The highest BCUT2D eigenvalue weighted by molar-refractivity contribution is 6.03. The summed E-state index contributed by atoms with van der Waals surface area (Å²) in [6, 6.07) is 5.01. The second kappa shape index (κ2) is 6.94. The van der Waals surface area contributed by atoms with E-state index in [1.165, 1.54) is 18.8 Å². The van der Waals surface area contributed by atoms with E-state index in [-0.39, 0.29) is 17.7 Å². The Balaban J connectivity index is 1.38. The molecule has 0 radical (unpaired) electrons. The van der Waals surface area contributed by atoms with Crippen molar-refractivity contribution in [3.8, 4) is 11.5 Å². The van der Waals surface area contributed by atoms with Gasteiger partial charge in [-0.3, -0.25) is 9.48 Å². The van der Waals surface area contributed by atoms with Crippen LogP contribution in [0.4, 0.5) is 5.69 Å². The fourth-order valence-corrected chi connectivity index (χ4v) is 2.80. The van der Waals surface area contributed by atoms with Crippen LogP contribution in [0.3, 0.4) is 0 Å². The normalized spacial score (nSPS) is 17.5. The molecule has 3 aromatic heterocycles. The predicted molar refractivity (Wildman–Crippen MR) is 88.0 cm³/mol. The Hall–Kier alpha value is -2.87. The van der Waals surface area contributed by atoms with Crippen LogP contribution in [0.1, 0.15) is 29.8 Å². The molecule has 8 heteroatoms. The molecule has 8 nitrogen and oxygen atoms in total. The minimum absolute atomic E-state index is 0.176. The number of carbonyl (C=O) groups is 1. The maximum absolute atomic E-state index is 12.3. The van der Waals surface area contributed by atoms with Gasteiger partial charge in [-0.1, -0.05) is 5.16 Å². The SMILES string of the molecule is O=C(Nc1cnn(C[C@H]2CCCCO2)c1)c1cc(-c2ccco2)on1. The first kappa shape index (κ1) is 15.6. The van der Waals surface area contributed by atoms with Crippen molar-refractivity contribution in [1.29, 1.82) is 0 Å².